The molecule has 0 aromatic heterocycles. The van der Waals surface area contributed by atoms with Crippen molar-refractivity contribution >= 4 is 12.1 Å². The van der Waals surface area contributed by atoms with Crippen LogP contribution in [0.3, 0.4) is 0 Å². The summed E-state index contributed by atoms with van der Waals surface area (Å²) in [7, 11) is 1.44. The van der Waals surface area contributed by atoms with Gasteiger partial charge in [-0.25, -0.2) is 9.59 Å². The van der Waals surface area contributed by atoms with E-state index in [1.54, 1.807) is 0 Å². The zero-order valence-corrected chi connectivity index (χ0v) is 8.06. The van der Waals surface area contributed by atoms with E-state index in [0.29, 0.717) is 0 Å². The van der Waals surface area contributed by atoms with Crippen LogP contribution in [0.4, 0.5) is 4.79 Å². The van der Waals surface area contributed by atoms with Crippen LogP contribution < -0.4 is 0 Å². The number of rotatable bonds is 2. The van der Waals surface area contributed by atoms with Crippen molar-refractivity contribution in [3.05, 3.63) is 0 Å². The van der Waals surface area contributed by atoms with Gasteiger partial charge in [0.1, 0.15) is 5.54 Å². The van der Waals surface area contributed by atoms with E-state index in [1.807, 2.05) is 0 Å². The van der Waals surface area contributed by atoms with Gasteiger partial charge in [-0.15, -0.1) is 0 Å². The van der Waals surface area contributed by atoms with Crippen LogP contribution >= 0.6 is 0 Å². The molecule has 2 N–H and O–H groups in total. The molecule has 1 fully saturated rings. The van der Waals surface area contributed by atoms with Crippen LogP contribution in [0.15, 0.2) is 0 Å². The Kier molecular flexibility index (Phi) is 2.66. The first kappa shape index (κ1) is 10.8. The molecule has 1 saturated heterocycles. The number of carboxylic acids is 1. The summed E-state index contributed by atoms with van der Waals surface area (Å²) in [6, 6.07) is 0. The maximum Gasteiger partial charge on any atom is 0.408 e. The lowest BCUT2D eigenvalue weighted by Gasteiger charge is -2.27. The Labute approximate surface area is 81.1 Å². The Morgan fingerprint density at radius 2 is 2.07 bits per heavy atom. The minimum Gasteiger partial charge on any atom is -0.480 e. The van der Waals surface area contributed by atoms with Gasteiger partial charge in [0.2, 0.25) is 0 Å². The summed E-state index contributed by atoms with van der Waals surface area (Å²) < 4.78 is 4.97. The molecule has 6 nitrogen and oxygen atoms in total. The van der Waals surface area contributed by atoms with E-state index in [9.17, 15) is 9.59 Å². The summed E-state index contributed by atoms with van der Waals surface area (Å²) in [5.41, 5.74) is -1.37. The fraction of sp³-hybridized carbons (Fsp3) is 0.750. The fourth-order valence-corrected chi connectivity index (χ4v) is 1.67. The largest absolute Gasteiger partial charge is 0.480 e. The SMILES string of the molecule is CO[C@H]1CN(C(=O)O)[C@](C)(C(=O)O)C1. The first-order chi connectivity index (χ1) is 6.41. The Hall–Kier alpha value is -1.30. The summed E-state index contributed by atoms with van der Waals surface area (Å²) >= 11 is 0. The van der Waals surface area contributed by atoms with Crippen molar-refractivity contribution in [1.29, 1.82) is 0 Å². The molecule has 2 atom stereocenters. The number of carboxylic acid groups (broad SMARTS) is 2. The number of likely N-dealkylation sites (tertiary alicyclic amines) is 1. The molecule has 0 spiro atoms. The molecule has 0 unspecified atom stereocenters. The summed E-state index contributed by atoms with van der Waals surface area (Å²) in [6.07, 6.45) is -1.38. The van der Waals surface area contributed by atoms with Gasteiger partial charge in [0.15, 0.2) is 0 Å². The van der Waals surface area contributed by atoms with Gasteiger partial charge in [-0.3, -0.25) is 4.90 Å². The van der Waals surface area contributed by atoms with E-state index in [0.717, 1.165) is 4.90 Å². The standard InChI is InChI=1S/C8H13NO5/c1-8(6(10)11)3-5(14-2)4-9(8)7(12)13/h5H,3-4H2,1-2H3,(H,10,11)(H,12,13)/t5-,8+/m1/s1. The van der Waals surface area contributed by atoms with Crippen molar-refractivity contribution in [1.82, 2.24) is 4.90 Å². The number of ether oxygens (including phenoxy) is 1. The van der Waals surface area contributed by atoms with Gasteiger partial charge in [0, 0.05) is 13.5 Å². The summed E-state index contributed by atoms with van der Waals surface area (Å²) in [5.74, 6) is -1.14. The highest BCUT2D eigenvalue weighted by Crippen LogP contribution is 2.30. The summed E-state index contributed by atoms with van der Waals surface area (Å²) in [4.78, 5) is 22.6. The van der Waals surface area contributed by atoms with Crippen LogP contribution in [-0.2, 0) is 9.53 Å². The van der Waals surface area contributed by atoms with Gasteiger partial charge in [-0.2, -0.15) is 0 Å². The van der Waals surface area contributed by atoms with Crippen LogP contribution in [0.5, 0.6) is 0 Å². The van der Waals surface area contributed by atoms with Crippen molar-refractivity contribution < 1.29 is 24.5 Å². The lowest BCUT2D eigenvalue weighted by Crippen LogP contribution is -2.50. The fourth-order valence-electron chi connectivity index (χ4n) is 1.67. The van der Waals surface area contributed by atoms with Crippen molar-refractivity contribution in [2.75, 3.05) is 13.7 Å². The number of aliphatic carboxylic acids is 1. The third-order valence-corrected chi connectivity index (χ3v) is 2.63. The molecule has 1 aliphatic rings. The molecule has 0 aromatic carbocycles. The smallest absolute Gasteiger partial charge is 0.408 e. The van der Waals surface area contributed by atoms with E-state index in [2.05, 4.69) is 0 Å². The summed E-state index contributed by atoms with van der Waals surface area (Å²) in [5, 5.41) is 17.8. The lowest BCUT2D eigenvalue weighted by atomic mass is 9.99. The Morgan fingerprint density at radius 3 is 2.36 bits per heavy atom. The van der Waals surface area contributed by atoms with Crippen LogP contribution in [0.2, 0.25) is 0 Å². The van der Waals surface area contributed by atoms with E-state index in [4.69, 9.17) is 14.9 Å². The van der Waals surface area contributed by atoms with Crippen molar-refractivity contribution in [2.45, 2.75) is 25.0 Å². The Bertz CT molecular complexity index is 266. The average Bonchev–Trinajstić information content (AvgIpc) is 2.44. The minimum absolute atomic E-state index is 0.106. The quantitative estimate of drug-likeness (QED) is 0.670. The highest BCUT2D eigenvalue weighted by Gasteiger charge is 2.50. The highest BCUT2D eigenvalue weighted by molar-refractivity contribution is 5.84. The number of amides is 1. The molecule has 1 rings (SSSR count). The predicted octanol–water partition coefficient (Wildman–Crippen LogP) is 0.228. The van der Waals surface area contributed by atoms with Gasteiger partial charge in [0.05, 0.1) is 12.6 Å². The van der Waals surface area contributed by atoms with E-state index >= 15 is 0 Å². The van der Waals surface area contributed by atoms with Gasteiger partial charge >= 0.3 is 12.1 Å². The zero-order valence-electron chi connectivity index (χ0n) is 8.06. The Balaban J connectivity index is 2.92. The number of methoxy groups -OCH3 is 1. The van der Waals surface area contributed by atoms with Crippen molar-refractivity contribution in [2.24, 2.45) is 0 Å². The molecule has 1 aliphatic heterocycles. The third-order valence-electron chi connectivity index (χ3n) is 2.63. The van der Waals surface area contributed by atoms with E-state index < -0.39 is 17.6 Å². The average molecular weight is 203 g/mol. The second-order valence-corrected chi connectivity index (χ2v) is 3.53. The molecule has 0 aliphatic carbocycles. The minimum atomic E-state index is -1.37. The first-order valence-corrected chi connectivity index (χ1v) is 4.18. The molecule has 14 heavy (non-hydrogen) atoms. The molecule has 0 saturated carbocycles. The maximum absolute atomic E-state index is 10.9. The molecular weight excluding hydrogens is 190 g/mol. The van der Waals surface area contributed by atoms with Gasteiger partial charge in [0.25, 0.3) is 0 Å². The highest BCUT2D eigenvalue weighted by atomic mass is 16.5. The molecule has 0 bridgehead atoms. The molecule has 1 heterocycles. The van der Waals surface area contributed by atoms with Crippen LogP contribution in [0.25, 0.3) is 0 Å². The normalized spacial score (nSPS) is 31.9. The van der Waals surface area contributed by atoms with Crippen molar-refractivity contribution in [3.8, 4) is 0 Å². The van der Waals surface area contributed by atoms with Crippen LogP contribution in [-0.4, -0.2) is 52.5 Å². The van der Waals surface area contributed by atoms with Gasteiger partial charge in [-0.1, -0.05) is 0 Å². The zero-order chi connectivity index (χ0) is 10.9. The molecule has 1 amide bonds. The molecule has 80 valence electrons. The number of nitrogens with zero attached hydrogens (tertiary/aromatic N) is 1. The number of carbonyl (C=O) groups is 2. The molecule has 0 aromatic rings. The van der Waals surface area contributed by atoms with Gasteiger partial charge < -0.3 is 14.9 Å². The first-order valence-electron chi connectivity index (χ1n) is 4.18. The predicted molar refractivity (Wildman–Crippen MR) is 46.2 cm³/mol. The number of hydrogen-bond donors (Lipinski definition) is 2. The summed E-state index contributed by atoms with van der Waals surface area (Å²) in [6.45, 7) is 1.50. The third kappa shape index (κ3) is 1.52. The topological polar surface area (TPSA) is 87.1 Å². The monoisotopic (exact) mass is 203 g/mol. The molecular formula is C8H13NO5. The molecule has 0 radical (unpaired) electrons. The lowest BCUT2D eigenvalue weighted by molar-refractivity contribution is -0.147. The van der Waals surface area contributed by atoms with Crippen LogP contribution in [0.1, 0.15) is 13.3 Å². The second-order valence-electron chi connectivity index (χ2n) is 3.53. The Morgan fingerprint density at radius 1 is 1.50 bits per heavy atom. The second kappa shape index (κ2) is 3.45. The maximum atomic E-state index is 10.9. The van der Waals surface area contributed by atoms with Crippen molar-refractivity contribution in [3.63, 3.8) is 0 Å². The molecule has 6 heteroatoms. The van der Waals surface area contributed by atoms with E-state index in [1.165, 1.54) is 14.0 Å². The van der Waals surface area contributed by atoms with E-state index in [-0.39, 0.29) is 19.1 Å². The van der Waals surface area contributed by atoms with Gasteiger partial charge in [-0.05, 0) is 6.92 Å². The van der Waals surface area contributed by atoms with Crippen LogP contribution in [0, 0.1) is 0 Å². The number of hydrogen-bond acceptors (Lipinski definition) is 3.